The first kappa shape index (κ1) is 13.3. The Morgan fingerprint density at radius 1 is 0.842 bits per heavy atom. The van der Waals surface area contributed by atoms with Crippen molar-refractivity contribution in [3.63, 3.8) is 0 Å². The van der Waals surface area contributed by atoms with Crippen molar-refractivity contribution in [3.05, 3.63) is 41.5 Å². The van der Waals surface area contributed by atoms with Gasteiger partial charge in [0.15, 0.2) is 0 Å². The number of rotatable bonds is 3. The molecule has 2 aromatic carbocycles. The maximum Gasteiger partial charge on any atom is 0.127 e. The minimum atomic E-state index is -0.0294. The van der Waals surface area contributed by atoms with Crippen molar-refractivity contribution < 1.29 is 15.3 Å². The van der Waals surface area contributed by atoms with E-state index in [0.29, 0.717) is 11.1 Å². The number of hydrogen-bond donors (Lipinski definition) is 3. The quantitative estimate of drug-likeness (QED) is 0.788. The topological polar surface area (TPSA) is 60.7 Å². The zero-order valence-corrected chi connectivity index (χ0v) is 11.1. The molecular weight excluding hydrogens is 240 g/mol. The lowest BCUT2D eigenvalue weighted by Gasteiger charge is -2.15. The van der Waals surface area contributed by atoms with Gasteiger partial charge in [-0.3, -0.25) is 0 Å². The van der Waals surface area contributed by atoms with Crippen LogP contribution in [0.1, 0.15) is 25.0 Å². The van der Waals surface area contributed by atoms with Gasteiger partial charge >= 0.3 is 0 Å². The van der Waals surface area contributed by atoms with Crippen LogP contribution in [-0.4, -0.2) is 15.3 Å². The van der Waals surface area contributed by atoms with Gasteiger partial charge in [0, 0.05) is 17.2 Å². The van der Waals surface area contributed by atoms with Gasteiger partial charge in [-0.2, -0.15) is 0 Å². The first-order chi connectivity index (χ1) is 9.08. The predicted octanol–water partition coefficient (Wildman–Crippen LogP) is 3.60. The van der Waals surface area contributed by atoms with E-state index >= 15 is 0 Å². The van der Waals surface area contributed by atoms with E-state index in [0.717, 1.165) is 24.0 Å². The summed E-state index contributed by atoms with van der Waals surface area (Å²) in [7, 11) is 0. The molecule has 0 aliphatic heterocycles. The number of phenols is 3. The van der Waals surface area contributed by atoms with Crippen LogP contribution in [0.2, 0.25) is 0 Å². The summed E-state index contributed by atoms with van der Waals surface area (Å²) in [6.07, 6.45) is 1.64. The van der Waals surface area contributed by atoms with Gasteiger partial charge in [-0.05, 0) is 42.2 Å². The van der Waals surface area contributed by atoms with Crippen LogP contribution in [0.3, 0.4) is 0 Å². The van der Waals surface area contributed by atoms with Gasteiger partial charge in [0.25, 0.3) is 0 Å². The lowest BCUT2D eigenvalue weighted by Crippen LogP contribution is -1.96. The van der Waals surface area contributed by atoms with E-state index in [4.69, 9.17) is 0 Å². The van der Waals surface area contributed by atoms with Gasteiger partial charge in [-0.1, -0.05) is 19.9 Å². The third-order valence-electron chi connectivity index (χ3n) is 3.37. The lowest BCUT2D eigenvalue weighted by molar-refractivity contribution is 0.450. The van der Waals surface area contributed by atoms with Crippen LogP contribution in [0.15, 0.2) is 30.3 Å². The SMILES string of the molecule is CCc1ccc(O)c(-c2ccc(O)cc2O)c1CC. The summed E-state index contributed by atoms with van der Waals surface area (Å²) in [5.74, 6) is 0.124. The molecule has 0 saturated heterocycles. The molecule has 0 atom stereocenters. The molecule has 3 N–H and O–H groups in total. The fraction of sp³-hybridized carbons (Fsp3) is 0.250. The Bertz CT molecular complexity index is 603. The van der Waals surface area contributed by atoms with Gasteiger partial charge in [0.05, 0.1) is 0 Å². The molecule has 0 saturated carbocycles. The van der Waals surface area contributed by atoms with Gasteiger partial charge in [0.1, 0.15) is 17.2 Å². The second-order valence-electron chi connectivity index (χ2n) is 4.51. The number of phenolic OH excluding ortho intramolecular Hbond substituents is 3. The zero-order chi connectivity index (χ0) is 14.0. The summed E-state index contributed by atoms with van der Waals surface area (Å²) in [6, 6.07) is 7.98. The summed E-state index contributed by atoms with van der Waals surface area (Å²) < 4.78 is 0. The molecule has 0 aromatic heterocycles. The van der Waals surface area contributed by atoms with E-state index in [1.54, 1.807) is 12.1 Å². The highest BCUT2D eigenvalue weighted by molar-refractivity contribution is 5.79. The van der Waals surface area contributed by atoms with Gasteiger partial charge in [-0.15, -0.1) is 0 Å². The lowest BCUT2D eigenvalue weighted by atomic mass is 9.91. The van der Waals surface area contributed by atoms with Crippen molar-refractivity contribution in [2.24, 2.45) is 0 Å². The molecule has 0 aliphatic rings. The van der Waals surface area contributed by atoms with Crippen LogP contribution in [0, 0.1) is 0 Å². The zero-order valence-electron chi connectivity index (χ0n) is 11.1. The first-order valence-electron chi connectivity index (χ1n) is 6.44. The molecule has 0 aliphatic carbocycles. The Morgan fingerprint density at radius 3 is 2.16 bits per heavy atom. The van der Waals surface area contributed by atoms with Crippen LogP contribution in [0.25, 0.3) is 11.1 Å². The van der Waals surface area contributed by atoms with E-state index in [9.17, 15) is 15.3 Å². The van der Waals surface area contributed by atoms with Crippen LogP contribution in [0.4, 0.5) is 0 Å². The summed E-state index contributed by atoms with van der Waals surface area (Å²) in [4.78, 5) is 0. The van der Waals surface area contributed by atoms with Crippen LogP contribution >= 0.6 is 0 Å². The summed E-state index contributed by atoms with van der Waals surface area (Å²) in [6.45, 7) is 4.08. The minimum Gasteiger partial charge on any atom is -0.508 e. The van der Waals surface area contributed by atoms with E-state index < -0.39 is 0 Å². The Kier molecular flexibility index (Phi) is 3.65. The molecule has 3 nitrogen and oxygen atoms in total. The summed E-state index contributed by atoms with van der Waals surface area (Å²) in [5.41, 5.74) is 3.38. The Labute approximate surface area is 112 Å². The molecule has 0 radical (unpaired) electrons. The van der Waals surface area contributed by atoms with Crippen molar-refractivity contribution in [3.8, 4) is 28.4 Å². The fourth-order valence-corrected chi connectivity index (χ4v) is 2.45. The number of hydrogen-bond acceptors (Lipinski definition) is 3. The number of benzene rings is 2. The molecule has 0 unspecified atom stereocenters. The smallest absolute Gasteiger partial charge is 0.127 e. The first-order valence-corrected chi connectivity index (χ1v) is 6.44. The summed E-state index contributed by atoms with van der Waals surface area (Å²) >= 11 is 0. The molecule has 19 heavy (non-hydrogen) atoms. The third kappa shape index (κ3) is 2.36. The van der Waals surface area contributed by atoms with E-state index in [-0.39, 0.29) is 17.2 Å². The molecule has 2 rings (SSSR count). The number of aromatic hydroxyl groups is 3. The maximum atomic E-state index is 10.1. The second kappa shape index (κ2) is 5.22. The molecule has 0 fully saturated rings. The molecule has 0 amide bonds. The van der Waals surface area contributed by atoms with E-state index in [2.05, 4.69) is 6.92 Å². The van der Waals surface area contributed by atoms with Crippen molar-refractivity contribution in [2.75, 3.05) is 0 Å². The monoisotopic (exact) mass is 258 g/mol. The minimum absolute atomic E-state index is 0.00503. The predicted molar refractivity (Wildman–Crippen MR) is 75.6 cm³/mol. The van der Waals surface area contributed by atoms with E-state index in [1.165, 1.54) is 12.1 Å². The molecule has 2 aromatic rings. The van der Waals surface area contributed by atoms with Crippen molar-refractivity contribution in [2.45, 2.75) is 26.7 Å². The average Bonchev–Trinajstić information content (AvgIpc) is 2.39. The van der Waals surface area contributed by atoms with Gasteiger partial charge < -0.3 is 15.3 Å². The largest absolute Gasteiger partial charge is 0.508 e. The van der Waals surface area contributed by atoms with Gasteiger partial charge in [-0.25, -0.2) is 0 Å². The third-order valence-corrected chi connectivity index (χ3v) is 3.37. The second-order valence-corrected chi connectivity index (χ2v) is 4.51. The van der Waals surface area contributed by atoms with Crippen molar-refractivity contribution in [1.82, 2.24) is 0 Å². The molecule has 3 heteroatoms. The molecular formula is C16H18O3. The molecule has 0 heterocycles. The van der Waals surface area contributed by atoms with Gasteiger partial charge in [0.2, 0.25) is 0 Å². The molecule has 0 bridgehead atoms. The molecule has 0 spiro atoms. The standard InChI is InChI=1S/C16H18O3/c1-3-10-5-8-14(18)16(12(10)4-2)13-7-6-11(17)9-15(13)19/h5-9,17-19H,3-4H2,1-2H3. The van der Waals surface area contributed by atoms with Crippen molar-refractivity contribution in [1.29, 1.82) is 0 Å². The average molecular weight is 258 g/mol. The number of aryl methyl sites for hydroxylation is 1. The highest BCUT2D eigenvalue weighted by Gasteiger charge is 2.16. The highest BCUT2D eigenvalue weighted by atomic mass is 16.3. The molecule has 100 valence electrons. The Hall–Kier alpha value is -2.16. The van der Waals surface area contributed by atoms with Crippen molar-refractivity contribution >= 4 is 0 Å². The van der Waals surface area contributed by atoms with Crippen LogP contribution in [0.5, 0.6) is 17.2 Å². The Morgan fingerprint density at radius 2 is 1.58 bits per heavy atom. The van der Waals surface area contributed by atoms with Crippen LogP contribution in [-0.2, 0) is 12.8 Å². The van der Waals surface area contributed by atoms with Crippen LogP contribution < -0.4 is 0 Å². The maximum absolute atomic E-state index is 10.1. The fourth-order valence-electron chi connectivity index (χ4n) is 2.45. The summed E-state index contributed by atoms with van der Waals surface area (Å²) in [5, 5.41) is 29.5. The Balaban J connectivity index is 2.73. The normalized spacial score (nSPS) is 10.6. The van der Waals surface area contributed by atoms with E-state index in [1.807, 2.05) is 13.0 Å². The highest BCUT2D eigenvalue weighted by Crippen LogP contribution is 2.40.